The topological polar surface area (TPSA) is 78.5 Å². The van der Waals surface area contributed by atoms with Gasteiger partial charge in [-0.3, -0.25) is 19.3 Å². The molecule has 3 amide bonds. The Hall–Kier alpha value is -2.70. The number of carbonyl (C=O) groups is 3. The van der Waals surface area contributed by atoms with Gasteiger partial charge in [-0.25, -0.2) is 0 Å². The minimum Gasteiger partial charge on any atom is -0.351 e. The molecule has 0 atom stereocenters. The number of benzene rings is 2. The summed E-state index contributed by atoms with van der Waals surface area (Å²) in [5.41, 5.74) is 2.10. The maximum Gasteiger partial charge on any atom is 0.261 e. The van der Waals surface area contributed by atoms with E-state index in [2.05, 4.69) is 10.6 Å². The lowest BCUT2D eigenvalue weighted by molar-refractivity contribution is 0.0642. The minimum atomic E-state index is -0.300. The number of rotatable bonds is 7. The minimum absolute atomic E-state index is 0. The van der Waals surface area contributed by atoms with Crippen molar-refractivity contribution in [3.05, 3.63) is 70.8 Å². The molecule has 27 heavy (non-hydrogen) atoms. The zero-order valence-electron chi connectivity index (χ0n) is 15.0. The molecule has 142 valence electrons. The number of halogens is 1. The van der Waals surface area contributed by atoms with Gasteiger partial charge in [-0.1, -0.05) is 31.2 Å². The Labute approximate surface area is 164 Å². The summed E-state index contributed by atoms with van der Waals surface area (Å²) in [6.07, 6.45) is 0. The molecular weight excluding hydrogens is 366 g/mol. The summed E-state index contributed by atoms with van der Waals surface area (Å²) in [5.74, 6) is -0.774. The van der Waals surface area contributed by atoms with Gasteiger partial charge in [0.15, 0.2) is 0 Å². The van der Waals surface area contributed by atoms with Crippen LogP contribution in [0.5, 0.6) is 0 Å². The number of amides is 3. The summed E-state index contributed by atoms with van der Waals surface area (Å²) >= 11 is 0. The lowest BCUT2D eigenvalue weighted by atomic mass is 10.1. The average Bonchev–Trinajstić information content (AvgIpc) is 2.91. The van der Waals surface area contributed by atoms with E-state index in [1.165, 1.54) is 4.90 Å². The molecule has 2 aromatic carbocycles. The molecule has 0 radical (unpaired) electrons. The van der Waals surface area contributed by atoms with Crippen LogP contribution in [0.4, 0.5) is 0 Å². The molecule has 0 saturated carbocycles. The summed E-state index contributed by atoms with van der Waals surface area (Å²) in [6.45, 7) is 4.24. The highest BCUT2D eigenvalue weighted by Gasteiger charge is 2.34. The summed E-state index contributed by atoms with van der Waals surface area (Å²) in [7, 11) is 0. The Morgan fingerprint density at radius 1 is 0.963 bits per heavy atom. The fourth-order valence-electron chi connectivity index (χ4n) is 2.92. The molecule has 0 aromatic heterocycles. The van der Waals surface area contributed by atoms with Crippen LogP contribution in [0, 0.1) is 0 Å². The summed E-state index contributed by atoms with van der Waals surface area (Å²) in [6, 6.07) is 13.8. The van der Waals surface area contributed by atoms with Gasteiger partial charge in [0.2, 0.25) is 0 Å². The standard InChI is InChI=1S/C20H21N3O3.ClH/c1-2-21-10-11-22-18(24)15-7-5-6-14(12-15)13-23-19(25)16-8-3-4-9-17(16)20(23)26;/h3-9,12,21H,2,10-11,13H2,1H3,(H,22,24);1H. The van der Waals surface area contributed by atoms with Gasteiger partial charge in [0, 0.05) is 18.7 Å². The van der Waals surface area contributed by atoms with E-state index in [4.69, 9.17) is 0 Å². The highest BCUT2D eigenvalue weighted by atomic mass is 35.5. The zero-order valence-corrected chi connectivity index (χ0v) is 15.8. The van der Waals surface area contributed by atoms with Gasteiger partial charge >= 0.3 is 0 Å². The third kappa shape index (κ3) is 4.53. The van der Waals surface area contributed by atoms with Crippen LogP contribution in [-0.2, 0) is 6.54 Å². The van der Waals surface area contributed by atoms with Crippen LogP contribution in [0.15, 0.2) is 48.5 Å². The molecule has 1 aliphatic heterocycles. The van der Waals surface area contributed by atoms with Gasteiger partial charge in [-0.05, 0) is 36.4 Å². The zero-order chi connectivity index (χ0) is 18.5. The summed E-state index contributed by atoms with van der Waals surface area (Å²) < 4.78 is 0. The van der Waals surface area contributed by atoms with E-state index < -0.39 is 0 Å². The van der Waals surface area contributed by atoms with Crippen molar-refractivity contribution in [3.63, 3.8) is 0 Å². The van der Waals surface area contributed by atoms with Crippen molar-refractivity contribution in [3.8, 4) is 0 Å². The smallest absolute Gasteiger partial charge is 0.261 e. The molecule has 0 bridgehead atoms. The van der Waals surface area contributed by atoms with Crippen LogP contribution >= 0.6 is 12.4 Å². The van der Waals surface area contributed by atoms with E-state index in [0.29, 0.717) is 29.8 Å². The van der Waals surface area contributed by atoms with Gasteiger partial charge in [-0.2, -0.15) is 0 Å². The number of hydrogen-bond donors (Lipinski definition) is 2. The molecule has 7 heteroatoms. The third-order valence-corrected chi connectivity index (χ3v) is 4.25. The van der Waals surface area contributed by atoms with Crippen molar-refractivity contribution in [1.29, 1.82) is 0 Å². The Morgan fingerprint density at radius 3 is 2.26 bits per heavy atom. The molecule has 0 spiro atoms. The van der Waals surface area contributed by atoms with Gasteiger partial charge in [0.05, 0.1) is 17.7 Å². The molecule has 1 heterocycles. The number of likely N-dealkylation sites (N-methyl/N-ethyl adjacent to an activating group) is 1. The van der Waals surface area contributed by atoms with Gasteiger partial charge in [0.1, 0.15) is 0 Å². The Bertz CT molecular complexity index is 819. The predicted octanol–water partition coefficient (Wildman–Crippen LogP) is 2.24. The van der Waals surface area contributed by atoms with E-state index in [-0.39, 0.29) is 36.7 Å². The quantitative estimate of drug-likeness (QED) is 0.564. The van der Waals surface area contributed by atoms with Crippen LogP contribution in [-0.4, -0.2) is 42.3 Å². The van der Waals surface area contributed by atoms with Crippen LogP contribution in [0.2, 0.25) is 0 Å². The van der Waals surface area contributed by atoms with Crippen molar-refractivity contribution in [2.75, 3.05) is 19.6 Å². The van der Waals surface area contributed by atoms with Crippen molar-refractivity contribution < 1.29 is 14.4 Å². The third-order valence-electron chi connectivity index (χ3n) is 4.25. The average molecular weight is 388 g/mol. The maximum atomic E-state index is 12.5. The fourth-order valence-corrected chi connectivity index (χ4v) is 2.92. The first-order valence-electron chi connectivity index (χ1n) is 8.65. The first kappa shape index (κ1) is 20.6. The molecule has 0 unspecified atom stereocenters. The van der Waals surface area contributed by atoms with E-state index in [1.807, 2.05) is 6.92 Å². The SMILES string of the molecule is CCNCCNC(=O)c1cccc(CN2C(=O)c3ccccc3C2=O)c1.Cl. The van der Waals surface area contributed by atoms with Crippen LogP contribution in [0.1, 0.15) is 43.6 Å². The highest BCUT2D eigenvalue weighted by Crippen LogP contribution is 2.24. The summed E-state index contributed by atoms with van der Waals surface area (Å²) in [4.78, 5) is 38.3. The van der Waals surface area contributed by atoms with E-state index >= 15 is 0 Å². The lowest BCUT2D eigenvalue weighted by Gasteiger charge is -2.14. The molecule has 2 N–H and O–H groups in total. The summed E-state index contributed by atoms with van der Waals surface area (Å²) in [5, 5.41) is 5.97. The van der Waals surface area contributed by atoms with Gasteiger partial charge in [0.25, 0.3) is 17.7 Å². The molecule has 2 aromatic rings. The highest BCUT2D eigenvalue weighted by molar-refractivity contribution is 6.21. The van der Waals surface area contributed by atoms with E-state index in [1.54, 1.807) is 48.5 Å². The first-order chi connectivity index (χ1) is 12.6. The van der Waals surface area contributed by atoms with Gasteiger partial charge < -0.3 is 10.6 Å². The molecular formula is C20H22ClN3O3. The van der Waals surface area contributed by atoms with Crippen LogP contribution < -0.4 is 10.6 Å². The Morgan fingerprint density at radius 2 is 1.63 bits per heavy atom. The normalized spacial score (nSPS) is 12.6. The second kappa shape index (κ2) is 9.30. The second-order valence-electron chi connectivity index (χ2n) is 6.05. The largest absolute Gasteiger partial charge is 0.351 e. The van der Waals surface area contributed by atoms with E-state index in [9.17, 15) is 14.4 Å². The van der Waals surface area contributed by atoms with E-state index in [0.717, 1.165) is 12.1 Å². The second-order valence-corrected chi connectivity index (χ2v) is 6.05. The predicted molar refractivity (Wildman–Crippen MR) is 105 cm³/mol. The molecule has 0 aliphatic carbocycles. The number of imide groups is 1. The number of carbonyl (C=O) groups excluding carboxylic acids is 3. The fraction of sp³-hybridized carbons (Fsp3) is 0.250. The molecule has 6 nitrogen and oxygen atoms in total. The maximum absolute atomic E-state index is 12.5. The number of nitrogens with zero attached hydrogens (tertiary/aromatic N) is 1. The van der Waals surface area contributed by atoms with Crippen molar-refractivity contribution >= 4 is 30.1 Å². The van der Waals surface area contributed by atoms with Crippen molar-refractivity contribution in [2.24, 2.45) is 0 Å². The Balaban J connectivity index is 0.00000261. The number of fused-ring (bicyclic) bond motifs is 1. The van der Waals surface area contributed by atoms with Gasteiger partial charge in [-0.15, -0.1) is 12.4 Å². The molecule has 1 aliphatic rings. The lowest BCUT2D eigenvalue weighted by Crippen LogP contribution is -2.32. The van der Waals surface area contributed by atoms with Crippen molar-refractivity contribution in [2.45, 2.75) is 13.5 Å². The molecule has 0 saturated heterocycles. The number of nitrogens with one attached hydrogen (secondary N) is 2. The number of hydrogen-bond acceptors (Lipinski definition) is 4. The molecule has 0 fully saturated rings. The van der Waals surface area contributed by atoms with Crippen molar-refractivity contribution in [1.82, 2.24) is 15.5 Å². The molecule has 3 rings (SSSR count). The monoisotopic (exact) mass is 387 g/mol. The van der Waals surface area contributed by atoms with Crippen LogP contribution in [0.25, 0.3) is 0 Å². The van der Waals surface area contributed by atoms with Crippen LogP contribution in [0.3, 0.4) is 0 Å². The first-order valence-corrected chi connectivity index (χ1v) is 8.65. The Kier molecular flexibility index (Phi) is 7.10.